The molecule has 1 aromatic rings. The van der Waals surface area contributed by atoms with Crippen LogP contribution in [-0.2, 0) is 4.79 Å². The number of nitrogens with one attached hydrogen (secondary N) is 1. The lowest BCUT2D eigenvalue weighted by atomic mass is 10.4. The molecule has 0 bridgehead atoms. The average Bonchev–Trinajstić information content (AvgIpc) is 2.37. The zero-order valence-electron chi connectivity index (χ0n) is 7.61. The van der Waals surface area contributed by atoms with Gasteiger partial charge in [0.25, 0.3) is 0 Å². The molecular weight excluding hydrogens is 202 g/mol. The number of fused-ring (bicyclic) bond motifs is 1. The van der Waals surface area contributed by atoms with Crippen LogP contribution in [-0.4, -0.2) is 28.7 Å². The second-order valence-electron chi connectivity index (χ2n) is 2.71. The Morgan fingerprint density at radius 2 is 2.43 bits per heavy atom. The molecule has 0 unspecified atom stereocenters. The highest BCUT2D eigenvalue weighted by Gasteiger charge is 2.19. The zero-order chi connectivity index (χ0) is 9.97. The first-order valence-electron chi connectivity index (χ1n) is 4.15. The fourth-order valence-electron chi connectivity index (χ4n) is 1.19. The average molecular weight is 211 g/mol. The SMILES string of the molecule is COc1ncnc2c1NCCC(=O)S2. The lowest BCUT2D eigenvalue weighted by Crippen LogP contribution is -2.04. The number of hydrogen-bond acceptors (Lipinski definition) is 6. The first-order chi connectivity index (χ1) is 6.81. The van der Waals surface area contributed by atoms with Crippen molar-refractivity contribution in [2.24, 2.45) is 0 Å². The van der Waals surface area contributed by atoms with Gasteiger partial charge in [-0.25, -0.2) is 4.98 Å². The van der Waals surface area contributed by atoms with Crippen molar-refractivity contribution in [3.05, 3.63) is 6.33 Å². The van der Waals surface area contributed by atoms with Crippen LogP contribution in [0.5, 0.6) is 5.88 Å². The quantitative estimate of drug-likeness (QED) is 0.697. The van der Waals surface area contributed by atoms with Crippen molar-refractivity contribution >= 4 is 22.6 Å². The number of aromatic nitrogens is 2. The molecule has 1 aliphatic heterocycles. The highest BCUT2D eigenvalue weighted by atomic mass is 32.2. The van der Waals surface area contributed by atoms with Gasteiger partial charge in [0, 0.05) is 13.0 Å². The first-order valence-corrected chi connectivity index (χ1v) is 4.96. The number of thioether (sulfide) groups is 1. The van der Waals surface area contributed by atoms with E-state index < -0.39 is 0 Å². The van der Waals surface area contributed by atoms with Gasteiger partial charge in [-0.1, -0.05) is 0 Å². The van der Waals surface area contributed by atoms with E-state index in [2.05, 4.69) is 15.3 Å². The van der Waals surface area contributed by atoms with Crippen LogP contribution in [0, 0.1) is 0 Å². The molecule has 1 N–H and O–H groups in total. The maximum Gasteiger partial charge on any atom is 0.241 e. The minimum atomic E-state index is 0.108. The van der Waals surface area contributed by atoms with Gasteiger partial charge in [0.1, 0.15) is 17.0 Å². The van der Waals surface area contributed by atoms with Gasteiger partial charge >= 0.3 is 0 Å². The van der Waals surface area contributed by atoms with Crippen molar-refractivity contribution < 1.29 is 9.53 Å². The summed E-state index contributed by atoms with van der Waals surface area (Å²) in [6.45, 7) is 0.600. The maximum atomic E-state index is 11.3. The summed E-state index contributed by atoms with van der Waals surface area (Å²) >= 11 is 1.13. The molecule has 2 heterocycles. The number of ether oxygens (including phenoxy) is 1. The first kappa shape index (κ1) is 9.26. The predicted octanol–water partition coefficient (Wildman–Crippen LogP) is 0.919. The summed E-state index contributed by atoms with van der Waals surface area (Å²) in [6, 6.07) is 0. The lowest BCUT2D eigenvalue weighted by Gasteiger charge is -2.08. The summed E-state index contributed by atoms with van der Waals surface area (Å²) < 4.78 is 5.07. The van der Waals surface area contributed by atoms with Gasteiger partial charge in [0.15, 0.2) is 5.12 Å². The Morgan fingerprint density at radius 3 is 3.21 bits per heavy atom. The van der Waals surface area contributed by atoms with Gasteiger partial charge in [-0.2, -0.15) is 4.98 Å². The topological polar surface area (TPSA) is 64.1 Å². The summed E-state index contributed by atoms with van der Waals surface area (Å²) in [5, 5.41) is 3.83. The van der Waals surface area contributed by atoms with Crippen LogP contribution in [0.4, 0.5) is 5.69 Å². The van der Waals surface area contributed by atoms with Gasteiger partial charge in [-0.15, -0.1) is 0 Å². The van der Waals surface area contributed by atoms with Crippen molar-refractivity contribution in [3.8, 4) is 5.88 Å². The fourth-order valence-corrected chi connectivity index (χ4v) is 1.97. The molecule has 1 aromatic heterocycles. The van der Waals surface area contributed by atoms with Gasteiger partial charge in [-0.05, 0) is 11.8 Å². The summed E-state index contributed by atoms with van der Waals surface area (Å²) in [6.07, 6.45) is 1.88. The molecular formula is C8H9N3O2S. The molecule has 0 aliphatic carbocycles. The van der Waals surface area contributed by atoms with Crippen molar-refractivity contribution in [3.63, 3.8) is 0 Å². The molecule has 0 saturated carbocycles. The van der Waals surface area contributed by atoms with Crippen molar-refractivity contribution in [2.75, 3.05) is 19.0 Å². The van der Waals surface area contributed by atoms with Gasteiger partial charge in [0.05, 0.1) is 7.11 Å². The summed E-state index contributed by atoms with van der Waals surface area (Å²) in [7, 11) is 1.54. The summed E-state index contributed by atoms with van der Waals surface area (Å²) in [5.74, 6) is 0.484. The summed E-state index contributed by atoms with van der Waals surface area (Å²) in [4.78, 5) is 19.3. The van der Waals surface area contributed by atoms with Crippen molar-refractivity contribution in [1.82, 2.24) is 9.97 Å². The van der Waals surface area contributed by atoms with E-state index in [9.17, 15) is 4.79 Å². The van der Waals surface area contributed by atoms with E-state index in [1.54, 1.807) is 7.11 Å². The third kappa shape index (κ3) is 1.65. The second kappa shape index (κ2) is 3.83. The Balaban J connectivity index is 2.43. The van der Waals surface area contributed by atoms with E-state index in [0.717, 1.165) is 11.8 Å². The largest absolute Gasteiger partial charge is 0.479 e. The maximum absolute atomic E-state index is 11.3. The van der Waals surface area contributed by atoms with E-state index in [0.29, 0.717) is 29.6 Å². The molecule has 0 radical (unpaired) electrons. The van der Waals surface area contributed by atoms with Gasteiger partial charge in [0.2, 0.25) is 5.88 Å². The van der Waals surface area contributed by atoms with Crippen LogP contribution in [0.3, 0.4) is 0 Å². The van der Waals surface area contributed by atoms with Crippen LogP contribution in [0.2, 0.25) is 0 Å². The molecule has 6 heteroatoms. The highest BCUT2D eigenvalue weighted by Crippen LogP contribution is 2.34. The molecule has 1 aliphatic rings. The monoisotopic (exact) mass is 211 g/mol. The van der Waals surface area contributed by atoms with Gasteiger partial charge < -0.3 is 10.1 Å². The lowest BCUT2D eigenvalue weighted by molar-refractivity contribution is -0.110. The number of nitrogens with zero attached hydrogens (tertiary/aromatic N) is 2. The van der Waals surface area contributed by atoms with E-state index in [1.165, 1.54) is 6.33 Å². The van der Waals surface area contributed by atoms with E-state index in [4.69, 9.17) is 4.74 Å². The van der Waals surface area contributed by atoms with Crippen LogP contribution in [0.1, 0.15) is 6.42 Å². The minimum absolute atomic E-state index is 0.108. The summed E-state index contributed by atoms with van der Waals surface area (Å²) in [5.41, 5.74) is 0.714. The van der Waals surface area contributed by atoms with Crippen LogP contribution >= 0.6 is 11.8 Å². The van der Waals surface area contributed by atoms with E-state index in [1.807, 2.05) is 0 Å². The number of carbonyl (C=O) groups is 1. The van der Waals surface area contributed by atoms with Crippen molar-refractivity contribution in [1.29, 1.82) is 0 Å². The molecule has 0 saturated heterocycles. The van der Waals surface area contributed by atoms with Crippen molar-refractivity contribution in [2.45, 2.75) is 11.4 Å². The molecule has 0 amide bonds. The second-order valence-corrected chi connectivity index (χ2v) is 3.76. The number of hydrogen-bond donors (Lipinski definition) is 1. The molecule has 14 heavy (non-hydrogen) atoms. The molecule has 0 aromatic carbocycles. The third-order valence-electron chi connectivity index (χ3n) is 1.81. The number of anilines is 1. The van der Waals surface area contributed by atoms with E-state index in [-0.39, 0.29) is 5.12 Å². The van der Waals surface area contributed by atoms with E-state index >= 15 is 0 Å². The Bertz CT molecular complexity index is 370. The highest BCUT2D eigenvalue weighted by molar-refractivity contribution is 8.13. The van der Waals surface area contributed by atoms with Gasteiger partial charge in [-0.3, -0.25) is 4.79 Å². The Kier molecular flexibility index (Phi) is 2.53. The smallest absolute Gasteiger partial charge is 0.241 e. The Hall–Kier alpha value is -1.30. The predicted molar refractivity (Wildman–Crippen MR) is 52.6 cm³/mol. The third-order valence-corrected chi connectivity index (χ3v) is 2.75. The number of methoxy groups -OCH3 is 1. The molecule has 2 rings (SSSR count). The van der Waals surface area contributed by atoms with Crippen LogP contribution in [0.15, 0.2) is 11.4 Å². The standard InChI is InChI=1S/C8H9N3O2S/c1-13-7-6-8(11-4-10-7)14-5(12)2-3-9-6/h4,9H,2-3H2,1H3. The van der Waals surface area contributed by atoms with Crippen LogP contribution < -0.4 is 10.1 Å². The molecule has 0 atom stereocenters. The zero-order valence-corrected chi connectivity index (χ0v) is 8.43. The number of rotatable bonds is 1. The normalized spacial score (nSPS) is 15.4. The number of carbonyl (C=O) groups excluding carboxylic acids is 1. The molecule has 0 spiro atoms. The van der Waals surface area contributed by atoms with Crippen LogP contribution in [0.25, 0.3) is 0 Å². The minimum Gasteiger partial charge on any atom is -0.479 e. The Labute approximate surface area is 85.3 Å². The Morgan fingerprint density at radius 1 is 1.57 bits per heavy atom. The fraction of sp³-hybridized carbons (Fsp3) is 0.375. The molecule has 5 nitrogen and oxygen atoms in total. The molecule has 0 fully saturated rings. The molecule has 74 valence electrons.